The van der Waals surface area contributed by atoms with Crippen molar-refractivity contribution in [3.8, 4) is 0 Å². The predicted molar refractivity (Wildman–Crippen MR) is 69.7 cm³/mol. The Labute approximate surface area is 112 Å². The Morgan fingerprint density at radius 1 is 1.11 bits per heavy atom. The van der Waals surface area contributed by atoms with Crippen molar-refractivity contribution in [3.05, 3.63) is 35.4 Å². The molecule has 0 aliphatic heterocycles. The Bertz CT molecular complexity index is 363. The van der Waals surface area contributed by atoms with Crippen LogP contribution in [0.5, 0.6) is 0 Å². The Kier molecular flexibility index (Phi) is 6.71. The summed E-state index contributed by atoms with van der Waals surface area (Å²) in [5.74, 6) is 0.444. The van der Waals surface area contributed by atoms with Crippen LogP contribution >= 0.6 is 12.4 Å². The van der Waals surface area contributed by atoms with Gasteiger partial charge in [-0.15, -0.1) is 12.4 Å². The first kappa shape index (κ1) is 17.3. The standard InChI is InChI=1S/C13H18F3N.ClH/c1-9(2)7-8-12(17)10-5-3-4-6-11(10)13(14,15)16;/h3-6,9,12H,7-8,17H2,1-2H3;1H/t12-;/m1./s1. The third-order valence-corrected chi connectivity index (χ3v) is 2.72. The third kappa shape index (κ3) is 4.86. The number of nitrogens with two attached hydrogens (primary N) is 1. The molecule has 0 saturated heterocycles. The van der Waals surface area contributed by atoms with Gasteiger partial charge in [-0.25, -0.2) is 0 Å². The maximum atomic E-state index is 12.8. The van der Waals surface area contributed by atoms with Crippen LogP contribution in [0.25, 0.3) is 0 Å². The van der Waals surface area contributed by atoms with Gasteiger partial charge >= 0.3 is 6.18 Å². The lowest BCUT2D eigenvalue weighted by Crippen LogP contribution is -2.17. The van der Waals surface area contributed by atoms with E-state index in [1.54, 1.807) is 6.07 Å². The van der Waals surface area contributed by atoms with E-state index in [-0.39, 0.29) is 18.0 Å². The molecule has 1 nitrogen and oxygen atoms in total. The lowest BCUT2D eigenvalue weighted by molar-refractivity contribution is -0.138. The highest BCUT2D eigenvalue weighted by atomic mass is 35.5. The largest absolute Gasteiger partial charge is 0.416 e. The van der Waals surface area contributed by atoms with E-state index >= 15 is 0 Å². The second kappa shape index (κ2) is 7.00. The van der Waals surface area contributed by atoms with Crippen LogP contribution < -0.4 is 5.73 Å². The number of halogens is 4. The van der Waals surface area contributed by atoms with E-state index in [4.69, 9.17) is 5.73 Å². The minimum absolute atomic E-state index is 0. The third-order valence-electron chi connectivity index (χ3n) is 2.72. The molecule has 0 bridgehead atoms. The Morgan fingerprint density at radius 3 is 2.17 bits per heavy atom. The van der Waals surface area contributed by atoms with Gasteiger partial charge in [0.1, 0.15) is 0 Å². The Hall–Kier alpha value is -0.740. The van der Waals surface area contributed by atoms with Gasteiger partial charge in [0.15, 0.2) is 0 Å². The summed E-state index contributed by atoms with van der Waals surface area (Å²) in [5.41, 5.74) is 5.42. The molecule has 0 spiro atoms. The fourth-order valence-electron chi connectivity index (χ4n) is 1.75. The smallest absolute Gasteiger partial charge is 0.324 e. The van der Waals surface area contributed by atoms with Gasteiger partial charge in [0.2, 0.25) is 0 Å². The molecule has 2 N–H and O–H groups in total. The van der Waals surface area contributed by atoms with Crippen LogP contribution in [-0.4, -0.2) is 0 Å². The molecule has 0 aromatic heterocycles. The summed E-state index contributed by atoms with van der Waals surface area (Å²) >= 11 is 0. The zero-order chi connectivity index (χ0) is 13.1. The van der Waals surface area contributed by atoms with Crippen LogP contribution in [0.3, 0.4) is 0 Å². The molecule has 18 heavy (non-hydrogen) atoms. The summed E-state index contributed by atoms with van der Waals surface area (Å²) in [5, 5.41) is 0. The van der Waals surface area contributed by atoms with E-state index in [1.165, 1.54) is 12.1 Å². The van der Waals surface area contributed by atoms with E-state index in [0.29, 0.717) is 12.3 Å². The monoisotopic (exact) mass is 281 g/mol. The minimum Gasteiger partial charge on any atom is -0.324 e. The van der Waals surface area contributed by atoms with Crippen molar-refractivity contribution in [1.82, 2.24) is 0 Å². The van der Waals surface area contributed by atoms with Gasteiger partial charge in [-0.05, 0) is 30.4 Å². The lowest BCUT2D eigenvalue weighted by atomic mass is 9.94. The first-order valence-corrected chi connectivity index (χ1v) is 5.74. The first-order valence-electron chi connectivity index (χ1n) is 5.74. The van der Waals surface area contributed by atoms with Gasteiger partial charge in [-0.2, -0.15) is 13.2 Å². The summed E-state index contributed by atoms with van der Waals surface area (Å²) in [6.45, 7) is 4.06. The van der Waals surface area contributed by atoms with Gasteiger partial charge < -0.3 is 5.73 Å². The molecule has 0 aliphatic carbocycles. The van der Waals surface area contributed by atoms with E-state index in [9.17, 15) is 13.2 Å². The van der Waals surface area contributed by atoms with E-state index < -0.39 is 17.8 Å². The molecule has 5 heteroatoms. The normalized spacial score (nSPS) is 13.3. The zero-order valence-corrected chi connectivity index (χ0v) is 11.3. The van der Waals surface area contributed by atoms with Gasteiger partial charge in [0.05, 0.1) is 5.56 Å². The zero-order valence-electron chi connectivity index (χ0n) is 10.5. The molecule has 0 saturated carbocycles. The van der Waals surface area contributed by atoms with Gasteiger partial charge in [0, 0.05) is 6.04 Å². The minimum atomic E-state index is -4.33. The number of rotatable bonds is 4. The van der Waals surface area contributed by atoms with Gasteiger partial charge in [-0.1, -0.05) is 32.0 Å². The number of alkyl halides is 3. The van der Waals surface area contributed by atoms with Crippen LogP contribution in [-0.2, 0) is 6.18 Å². The first-order chi connectivity index (χ1) is 7.82. The molecule has 0 amide bonds. The van der Waals surface area contributed by atoms with Crippen molar-refractivity contribution in [2.24, 2.45) is 11.7 Å². The maximum absolute atomic E-state index is 12.8. The molecule has 0 heterocycles. The van der Waals surface area contributed by atoms with Crippen LogP contribution in [0.1, 0.15) is 43.9 Å². The molecule has 0 radical (unpaired) electrons. The summed E-state index contributed by atoms with van der Waals surface area (Å²) in [6.07, 6.45) is -2.93. The number of benzene rings is 1. The lowest BCUT2D eigenvalue weighted by Gasteiger charge is -2.18. The second-order valence-electron chi connectivity index (χ2n) is 4.66. The van der Waals surface area contributed by atoms with Crippen LogP contribution in [0.4, 0.5) is 13.2 Å². The van der Waals surface area contributed by atoms with E-state index in [0.717, 1.165) is 12.5 Å². The van der Waals surface area contributed by atoms with Gasteiger partial charge in [0.25, 0.3) is 0 Å². The fourth-order valence-corrected chi connectivity index (χ4v) is 1.75. The molecule has 1 aromatic carbocycles. The molecular formula is C13H19ClF3N. The van der Waals surface area contributed by atoms with E-state index in [1.807, 2.05) is 13.8 Å². The van der Waals surface area contributed by atoms with Crippen LogP contribution in [0.15, 0.2) is 24.3 Å². The average molecular weight is 282 g/mol. The van der Waals surface area contributed by atoms with Crippen molar-refractivity contribution in [2.75, 3.05) is 0 Å². The summed E-state index contributed by atoms with van der Waals surface area (Å²) in [7, 11) is 0. The second-order valence-corrected chi connectivity index (χ2v) is 4.66. The highest BCUT2D eigenvalue weighted by Gasteiger charge is 2.34. The average Bonchev–Trinajstić information content (AvgIpc) is 2.24. The summed E-state index contributed by atoms with van der Waals surface area (Å²) in [4.78, 5) is 0. The Morgan fingerprint density at radius 2 is 1.67 bits per heavy atom. The molecule has 1 aromatic rings. The molecule has 0 fully saturated rings. The van der Waals surface area contributed by atoms with Crippen molar-refractivity contribution < 1.29 is 13.2 Å². The maximum Gasteiger partial charge on any atom is 0.416 e. The van der Waals surface area contributed by atoms with E-state index in [2.05, 4.69) is 0 Å². The molecule has 0 aliphatic rings. The van der Waals surface area contributed by atoms with Crippen LogP contribution in [0.2, 0.25) is 0 Å². The molecule has 0 unspecified atom stereocenters. The predicted octanol–water partition coefficient (Wildman–Crippen LogP) is 4.56. The molecular weight excluding hydrogens is 263 g/mol. The Balaban J connectivity index is 0.00000289. The quantitative estimate of drug-likeness (QED) is 0.860. The molecule has 1 atom stereocenters. The highest BCUT2D eigenvalue weighted by molar-refractivity contribution is 5.85. The van der Waals surface area contributed by atoms with Crippen molar-refractivity contribution in [3.63, 3.8) is 0 Å². The molecule has 1 rings (SSSR count). The summed E-state index contributed by atoms with van der Waals surface area (Å²) < 4.78 is 38.3. The fraction of sp³-hybridized carbons (Fsp3) is 0.538. The highest BCUT2D eigenvalue weighted by Crippen LogP contribution is 2.35. The molecule has 104 valence electrons. The van der Waals surface area contributed by atoms with Gasteiger partial charge in [-0.3, -0.25) is 0 Å². The van der Waals surface area contributed by atoms with Crippen molar-refractivity contribution in [2.45, 2.75) is 38.9 Å². The van der Waals surface area contributed by atoms with Crippen molar-refractivity contribution in [1.29, 1.82) is 0 Å². The SMILES string of the molecule is CC(C)CC[C@@H](N)c1ccccc1C(F)(F)F.Cl. The topological polar surface area (TPSA) is 26.0 Å². The number of hydrogen-bond acceptors (Lipinski definition) is 1. The van der Waals surface area contributed by atoms with Crippen molar-refractivity contribution >= 4 is 12.4 Å². The van der Waals surface area contributed by atoms with Crippen LogP contribution in [0, 0.1) is 5.92 Å². The number of hydrogen-bond donors (Lipinski definition) is 1. The summed E-state index contributed by atoms with van der Waals surface area (Å²) in [6, 6.07) is 5.00.